The molecule has 1 saturated heterocycles. The number of likely N-dealkylation sites (tertiary alicyclic amines) is 1. The fourth-order valence-electron chi connectivity index (χ4n) is 7.08. The normalized spacial score (nSPS) is 23.9. The van der Waals surface area contributed by atoms with Crippen LogP contribution < -0.4 is 9.47 Å². The molecule has 1 aliphatic carbocycles. The Hall–Kier alpha value is -3.38. The molecule has 0 radical (unpaired) electrons. The molecule has 3 heterocycles. The molecule has 2 aromatic carbocycles. The van der Waals surface area contributed by atoms with Crippen molar-refractivity contribution >= 4 is 5.97 Å². The van der Waals surface area contributed by atoms with Gasteiger partial charge in [-0.15, -0.1) is 0 Å². The van der Waals surface area contributed by atoms with E-state index in [9.17, 15) is 9.90 Å². The van der Waals surface area contributed by atoms with Crippen molar-refractivity contribution in [3.05, 3.63) is 77.0 Å². The second-order valence-electron chi connectivity index (χ2n) is 12.5. The van der Waals surface area contributed by atoms with E-state index in [0.717, 1.165) is 54.7 Å². The molecular weight excluding hydrogens is 512 g/mol. The SMILES string of the molecule is COc1cc(-c2ccc(C3CCc4ccc([C@H](C5CC5)[C@H](C)C(=O)O)cc4O3)c(CN3[C@H](C)CC[C@H]3C)c2)ccn1. The summed E-state index contributed by atoms with van der Waals surface area (Å²) in [6.45, 7) is 7.41. The van der Waals surface area contributed by atoms with Crippen molar-refractivity contribution in [3.63, 3.8) is 0 Å². The number of aliphatic carboxylic acids is 1. The molecule has 1 saturated carbocycles. The Morgan fingerprint density at radius 3 is 2.49 bits per heavy atom. The van der Waals surface area contributed by atoms with Gasteiger partial charge in [-0.3, -0.25) is 9.69 Å². The van der Waals surface area contributed by atoms with Gasteiger partial charge in [0.2, 0.25) is 5.88 Å². The van der Waals surface area contributed by atoms with E-state index in [1.54, 1.807) is 13.3 Å². The van der Waals surface area contributed by atoms with E-state index in [4.69, 9.17) is 9.47 Å². The molecule has 1 aromatic heterocycles. The quantitative estimate of drug-likeness (QED) is 0.297. The Morgan fingerprint density at radius 2 is 1.78 bits per heavy atom. The number of methoxy groups -OCH3 is 1. The van der Waals surface area contributed by atoms with Gasteiger partial charge in [-0.25, -0.2) is 4.98 Å². The van der Waals surface area contributed by atoms with E-state index >= 15 is 0 Å². The predicted octanol–water partition coefficient (Wildman–Crippen LogP) is 7.41. The number of aryl methyl sites for hydroxylation is 1. The fourth-order valence-corrected chi connectivity index (χ4v) is 7.08. The van der Waals surface area contributed by atoms with Crippen LogP contribution in [0.15, 0.2) is 54.7 Å². The zero-order valence-electron chi connectivity index (χ0n) is 24.7. The van der Waals surface area contributed by atoms with Crippen LogP contribution >= 0.6 is 0 Å². The summed E-state index contributed by atoms with van der Waals surface area (Å²) < 4.78 is 12.2. The predicted molar refractivity (Wildman–Crippen MR) is 160 cm³/mol. The average molecular weight is 555 g/mol. The molecule has 6 heteroatoms. The molecule has 3 aliphatic rings. The maximum Gasteiger partial charge on any atom is 0.306 e. The standard InChI is InChI=1S/C35H42N2O4/c1-21-5-6-22(2)37(21)20-29-17-26(27-15-16-36-33(19-27)40-4)11-13-30(29)31-14-12-24-7-10-28(18-32(24)41-31)34(25-8-9-25)23(3)35(38)39/h7,10-11,13,15-19,21-23,25,31,34H,5-6,8-9,12,14,20H2,1-4H3,(H,38,39)/t21-,22-,23+,31?,34+/m1/s1. The number of carbonyl (C=O) groups is 1. The summed E-state index contributed by atoms with van der Waals surface area (Å²) in [5.74, 6) is 0.884. The van der Waals surface area contributed by atoms with Gasteiger partial charge in [-0.2, -0.15) is 0 Å². The third kappa shape index (κ3) is 5.72. The highest BCUT2D eigenvalue weighted by molar-refractivity contribution is 5.71. The maximum atomic E-state index is 11.9. The number of hydrogen-bond acceptors (Lipinski definition) is 5. The van der Waals surface area contributed by atoms with Crippen molar-refractivity contribution < 1.29 is 19.4 Å². The molecule has 3 aromatic rings. The van der Waals surface area contributed by atoms with E-state index in [1.165, 1.54) is 29.5 Å². The summed E-state index contributed by atoms with van der Waals surface area (Å²) in [7, 11) is 1.65. The third-order valence-corrected chi connectivity index (χ3v) is 9.73. The first-order valence-electron chi connectivity index (χ1n) is 15.2. The number of aromatic nitrogens is 1. The minimum Gasteiger partial charge on any atom is -0.485 e. The highest BCUT2D eigenvalue weighted by Crippen LogP contribution is 2.48. The Balaban J connectivity index is 1.33. The van der Waals surface area contributed by atoms with E-state index in [2.05, 4.69) is 60.1 Å². The monoisotopic (exact) mass is 554 g/mol. The molecule has 0 amide bonds. The van der Waals surface area contributed by atoms with Crippen molar-refractivity contribution in [1.29, 1.82) is 0 Å². The molecule has 5 atom stereocenters. The summed E-state index contributed by atoms with van der Waals surface area (Å²) in [5.41, 5.74) is 7.10. The third-order valence-electron chi connectivity index (χ3n) is 9.73. The summed E-state index contributed by atoms with van der Waals surface area (Å²) in [5, 5.41) is 9.79. The Bertz CT molecular complexity index is 1410. The molecule has 0 bridgehead atoms. The van der Waals surface area contributed by atoms with Crippen LogP contribution in [0.2, 0.25) is 0 Å². The van der Waals surface area contributed by atoms with Crippen LogP contribution in [0.25, 0.3) is 11.1 Å². The molecule has 0 spiro atoms. The topological polar surface area (TPSA) is 71.9 Å². The minimum atomic E-state index is -0.722. The number of hydrogen-bond donors (Lipinski definition) is 1. The number of nitrogens with zero attached hydrogens (tertiary/aromatic N) is 2. The molecule has 6 nitrogen and oxygen atoms in total. The van der Waals surface area contributed by atoms with Gasteiger partial charge in [-0.1, -0.05) is 31.2 Å². The largest absolute Gasteiger partial charge is 0.485 e. The first kappa shape index (κ1) is 27.8. The van der Waals surface area contributed by atoms with Gasteiger partial charge in [0.15, 0.2) is 0 Å². The zero-order valence-corrected chi connectivity index (χ0v) is 24.7. The van der Waals surface area contributed by atoms with Crippen molar-refractivity contribution in [1.82, 2.24) is 9.88 Å². The Kier molecular flexibility index (Phi) is 7.78. The van der Waals surface area contributed by atoms with Crippen molar-refractivity contribution in [2.75, 3.05) is 7.11 Å². The van der Waals surface area contributed by atoms with Crippen molar-refractivity contribution in [3.8, 4) is 22.8 Å². The average Bonchev–Trinajstić information content (AvgIpc) is 3.78. The van der Waals surface area contributed by atoms with E-state index in [-0.39, 0.29) is 12.0 Å². The Labute approximate surface area is 243 Å². The van der Waals surface area contributed by atoms with E-state index < -0.39 is 11.9 Å². The van der Waals surface area contributed by atoms with Gasteiger partial charge in [0.25, 0.3) is 0 Å². The van der Waals surface area contributed by atoms with Gasteiger partial charge in [0, 0.05) is 30.9 Å². The summed E-state index contributed by atoms with van der Waals surface area (Å²) in [6.07, 6.45) is 8.29. The first-order valence-corrected chi connectivity index (χ1v) is 15.2. The zero-order chi connectivity index (χ0) is 28.7. The molecule has 2 fully saturated rings. The van der Waals surface area contributed by atoms with Crippen LogP contribution in [0.5, 0.6) is 11.6 Å². The highest BCUT2D eigenvalue weighted by Gasteiger charge is 2.39. The molecule has 2 aliphatic heterocycles. The second-order valence-corrected chi connectivity index (χ2v) is 12.5. The Morgan fingerprint density at radius 1 is 1.02 bits per heavy atom. The van der Waals surface area contributed by atoms with Gasteiger partial charge in [0.1, 0.15) is 11.9 Å². The van der Waals surface area contributed by atoms with Crippen LogP contribution in [0.3, 0.4) is 0 Å². The van der Waals surface area contributed by atoms with Gasteiger partial charge >= 0.3 is 5.97 Å². The number of carboxylic acid groups (broad SMARTS) is 1. The minimum absolute atomic E-state index is 0.0344. The highest BCUT2D eigenvalue weighted by atomic mass is 16.5. The molecule has 1 unspecified atom stereocenters. The fraction of sp³-hybridized carbons (Fsp3) is 0.486. The number of rotatable bonds is 9. The lowest BCUT2D eigenvalue weighted by atomic mass is 9.82. The lowest BCUT2D eigenvalue weighted by molar-refractivity contribution is -0.142. The lowest BCUT2D eigenvalue weighted by Gasteiger charge is -2.32. The maximum absolute atomic E-state index is 11.9. The van der Waals surface area contributed by atoms with Crippen molar-refractivity contribution in [2.24, 2.45) is 11.8 Å². The number of ether oxygens (including phenoxy) is 2. The molecule has 41 heavy (non-hydrogen) atoms. The summed E-state index contributed by atoms with van der Waals surface area (Å²) >= 11 is 0. The molecule has 1 N–H and O–H groups in total. The van der Waals surface area contributed by atoms with Crippen LogP contribution in [0.1, 0.15) is 87.2 Å². The van der Waals surface area contributed by atoms with Crippen molar-refractivity contribution in [2.45, 2.75) is 89.9 Å². The summed E-state index contributed by atoms with van der Waals surface area (Å²) in [6, 6.07) is 18.3. The first-order chi connectivity index (χ1) is 19.8. The van der Waals surface area contributed by atoms with Gasteiger partial charge < -0.3 is 14.6 Å². The van der Waals surface area contributed by atoms with Gasteiger partial charge in [0.05, 0.1) is 13.0 Å². The summed E-state index contributed by atoms with van der Waals surface area (Å²) in [4.78, 5) is 18.8. The number of carboxylic acids is 1. The molecule has 6 rings (SSSR count). The van der Waals surface area contributed by atoms with Crippen LogP contribution in [0.4, 0.5) is 0 Å². The van der Waals surface area contributed by atoms with Crippen LogP contribution in [-0.2, 0) is 17.8 Å². The van der Waals surface area contributed by atoms with E-state index in [1.807, 2.05) is 19.1 Å². The van der Waals surface area contributed by atoms with Crippen LogP contribution in [-0.4, -0.2) is 40.2 Å². The molecule has 216 valence electrons. The van der Waals surface area contributed by atoms with Crippen LogP contribution in [0, 0.1) is 11.8 Å². The van der Waals surface area contributed by atoms with Gasteiger partial charge in [-0.05, 0) is 116 Å². The number of fused-ring (bicyclic) bond motifs is 1. The molecular formula is C35H42N2O4. The number of pyridine rings is 1. The number of benzene rings is 2. The van der Waals surface area contributed by atoms with E-state index in [0.29, 0.717) is 23.9 Å². The lowest BCUT2D eigenvalue weighted by Crippen LogP contribution is -2.32. The smallest absolute Gasteiger partial charge is 0.306 e. The second kappa shape index (κ2) is 11.5.